The van der Waals surface area contributed by atoms with E-state index in [1.807, 2.05) is 32.0 Å². The molecule has 0 aliphatic carbocycles. The van der Waals surface area contributed by atoms with Crippen molar-refractivity contribution < 1.29 is 9.90 Å². The normalized spacial score (nSPS) is 9.56. The standard InChI is InChI=1S/C15H19NO2/c1-4-16(3)15(18)14-11-12(2)8-9-13(14)7-5-6-10-17/h8-9,11,17H,4,6,10H2,1-3H3. The summed E-state index contributed by atoms with van der Waals surface area (Å²) in [5.74, 6) is 5.78. The maximum Gasteiger partial charge on any atom is 0.254 e. The fraction of sp³-hybridized carbons (Fsp3) is 0.400. The lowest BCUT2D eigenvalue weighted by atomic mass is 10.0. The highest BCUT2D eigenvalue weighted by molar-refractivity contribution is 5.96. The van der Waals surface area contributed by atoms with Crippen molar-refractivity contribution >= 4 is 5.91 Å². The predicted molar refractivity (Wildman–Crippen MR) is 72.4 cm³/mol. The predicted octanol–water partition coefficient (Wildman–Crippen LogP) is 1.82. The molecule has 96 valence electrons. The maximum absolute atomic E-state index is 12.2. The van der Waals surface area contributed by atoms with E-state index in [0.717, 1.165) is 11.1 Å². The summed E-state index contributed by atoms with van der Waals surface area (Å²) in [5.41, 5.74) is 2.39. The quantitative estimate of drug-likeness (QED) is 0.825. The number of hydrogen-bond acceptors (Lipinski definition) is 2. The van der Waals surface area contributed by atoms with Gasteiger partial charge in [0.15, 0.2) is 0 Å². The molecular formula is C15H19NO2. The molecule has 1 rings (SSSR count). The molecule has 0 aliphatic heterocycles. The summed E-state index contributed by atoms with van der Waals surface area (Å²) in [4.78, 5) is 13.8. The third kappa shape index (κ3) is 3.61. The second-order valence-electron chi connectivity index (χ2n) is 4.14. The van der Waals surface area contributed by atoms with Crippen LogP contribution in [-0.4, -0.2) is 36.1 Å². The van der Waals surface area contributed by atoms with Gasteiger partial charge in [0.1, 0.15) is 0 Å². The zero-order valence-corrected chi connectivity index (χ0v) is 11.2. The van der Waals surface area contributed by atoms with E-state index in [-0.39, 0.29) is 12.5 Å². The molecule has 3 heteroatoms. The van der Waals surface area contributed by atoms with Gasteiger partial charge in [0.05, 0.1) is 12.2 Å². The van der Waals surface area contributed by atoms with Crippen molar-refractivity contribution in [1.29, 1.82) is 0 Å². The van der Waals surface area contributed by atoms with Gasteiger partial charge in [-0.3, -0.25) is 4.79 Å². The van der Waals surface area contributed by atoms with Crippen molar-refractivity contribution in [3.8, 4) is 11.8 Å². The molecule has 0 unspecified atom stereocenters. The lowest BCUT2D eigenvalue weighted by Crippen LogP contribution is -2.27. The zero-order chi connectivity index (χ0) is 13.5. The number of benzene rings is 1. The lowest BCUT2D eigenvalue weighted by Gasteiger charge is -2.15. The molecule has 0 atom stereocenters. The highest BCUT2D eigenvalue weighted by Gasteiger charge is 2.13. The Morgan fingerprint density at radius 3 is 2.78 bits per heavy atom. The summed E-state index contributed by atoms with van der Waals surface area (Å²) in [6, 6.07) is 5.65. The van der Waals surface area contributed by atoms with Crippen molar-refractivity contribution in [2.24, 2.45) is 0 Å². The summed E-state index contributed by atoms with van der Waals surface area (Å²) in [7, 11) is 1.77. The SMILES string of the molecule is CCN(C)C(=O)c1cc(C)ccc1C#CCCO. The molecule has 1 amide bonds. The Kier molecular flexibility index (Phi) is 5.41. The number of carbonyl (C=O) groups is 1. The molecule has 0 spiro atoms. The van der Waals surface area contributed by atoms with Crippen molar-refractivity contribution in [1.82, 2.24) is 4.90 Å². The molecule has 0 aliphatic rings. The molecule has 0 bridgehead atoms. The fourth-order valence-corrected chi connectivity index (χ4v) is 1.51. The van der Waals surface area contributed by atoms with Gasteiger partial charge in [0.2, 0.25) is 0 Å². The van der Waals surface area contributed by atoms with Gasteiger partial charge >= 0.3 is 0 Å². The minimum absolute atomic E-state index is 0.0190. The van der Waals surface area contributed by atoms with Gasteiger partial charge in [-0.15, -0.1) is 0 Å². The Hall–Kier alpha value is -1.79. The van der Waals surface area contributed by atoms with Gasteiger partial charge in [0, 0.05) is 25.6 Å². The number of rotatable bonds is 3. The summed E-state index contributed by atoms with van der Waals surface area (Å²) in [6.07, 6.45) is 0.422. The first-order chi connectivity index (χ1) is 8.60. The summed E-state index contributed by atoms with van der Waals surface area (Å²) in [5, 5.41) is 8.72. The highest BCUT2D eigenvalue weighted by atomic mass is 16.2. The lowest BCUT2D eigenvalue weighted by molar-refractivity contribution is 0.0802. The molecule has 18 heavy (non-hydrogen) atoms. The first kappa shape index (κ1) is 14.3. The van der Waals surface area contributed by atoms with Crippen molar-refractivity contribution in [3.05, 3.63) is 34.9 Å². The Balaban J connectivity index is 3.12. The number of aliphatic hydroxyl groups excluding tert-OH is 1. The first-order valence-corrected chi connectivity index (χ1v) is 6.06. The van der Waals surface area contributed by atoms with Crippen LogP contribution in [0.3, 0.4) is 0 Å². The van der Waals surface area contributed by atoms with Crippen molar-refractivity contribution in [2.75, 3.05) is 20.2 Å². The average molecular weight is 245 g/mol. The maximum atomic E-state index is 12.2. The van der Waals surface area contributed by atoms with Crippen LogP contribution in [0, 0.1) is 18.8 Å². The van der Waals surface area contributed by atoms with Crippen LogP contribution in [0.1, 0.15) is 34.8 Å². The topological polar surface area (TPSA) is 40.5 Å². The number of aryl methyl sites for hydroxylation is 1. The summed E-state index contributed by atoms with van der Waals surface area (Å²) in [6.45, 7) is 4.59. The van der Waals surface area contributed by atoms with Crippen LogP contribution in [-0.2, 0) is 0 Å². The molecule has 0 saturated carbocycles. The number of carbonyl (C=O) groups excluding carboxylic acids is 1. The van der Waals surface area contributed by atoms with E-state index in [1.165, 1.54) is 0 Å². The largest absolute Gasteiger partial charge is 0.395 e. The molecule has 0 heterocycles. The second-order valence-corrected chi connectivity index (χ2v) is 4.14. The van der Waals surface area contributed by atoms with Crippen LogP contribution in [0.25, 0.3) is 0 Å². The fourth-order valence-electron chi connectivity index (χ4n) is 1.51. The van der Waals surface area contributed by atoms with Crippen LogP contribution in [0.2, 0.25) is 0 Å². The van der Waals surface area contributed by atoms with Gasteiger partial charge in [-0.2, -0.15) is 0 Å². The minimum Gasteiger partial charge on any atom is -0.395 e. The summed E-state index contributed by atoms with van der Waals surface area (Å²) < 4.78 is 0. The third-order valence-electron chi connectivity index (χ3n) is 2.69. The van der Waals surface area contributed by atoms with Crippen LogP contribution in [0.15, 0.2) is 18.2 Å². The molecule has 0 aromatic heterocycles. The average Bonchev–Trinajstić information content (AvgIpc) is 2.38. The van der Waals surface area contributed by atoms with E-state index >= 15 is 0 Å². The minimum atomic E-state index is -0.0190. The van der Waals surface area contributed by atoms with Crippen LogP contribution < -0.4 is 0 Å². The van der Waals surface area contributed by atoms with Crippen LogP contribution in [0.5, 0.6) is 0 Å². The first-order valence-electron chi connectivity index (χ1n) is 6.06. The Labute approximate surface area is 108 Å². The van der Waals surface area contributed by atoms with Gasteiger partial charge in [-0.25, -0.2) is 0 Å². The zero-order valence-electron chi connectivity index (χ0n) is 11.2. The number of amides is 1. The monoisotopic (exact) mass is 245 g/mol. The number of aliphatic hydroxyl groups is 1. The van der Waals surface area contributed by atoms with Gasteiger partial charge < -0.3 is 10.0 Å². The van der Waals surface area contributed by atoms with Crippen LogP contribution in [0.4, 0.5) is 0 Å². The van der Waals surface area contributed by atoms with Crippen molar-refractivity contribution in [2.45, 2.75) is 20.3 Å². The second kappa shape index (κ2) is 6.83. The molecule has 1 aromatic rings. The number of nitrogens with zero attached hydrogens (tertiary/aromatic N) is 1. The molecule has 1 N–H and O–H groups in total. The van der Waals surface area contributed by atoms with Gasteiger partial charge in [-0.1, -0.05) is 23.5 Å². The van der Waals surface area contributed by atoms with Gasteiger partial charge in [-0.05, 0) is 26.0 Å². The van der Waals surface area contributed by atoms with E-state index in [4.69, 9.17) is 5.11 Å². The van der Waals surface area contributed by atoms with E-state index in [9.17, 15) is 4.79 Å². The molecule has 3 nitrogen and oxygen atoms in total. The van der Waals surface area contributed by atoms with E-state index in [2.05, 4.69) is 11.8 Å². The van der Waals surface area contributed by atoms with E-state index in [1.54, 1.807) is 11.9 Å². The summed E-state index contributed by atoms with van der Waals surface area (Å²) >= 11 is 0. The van der Waals surface area contributed by atoms with E-state index < -0.39 is 0 Å². The highest BCUT2D eigenvalue weighted by Crippen LogP contribution is 2.13. The van der Waals surface area contributed by atoms with Crippen molar-refractivity contribution in [3.63, 3.8) is 0 Å². The molecular weight excluding hydrogens is 226 g/mol. The number of hydrogen-bond donors (Lipinski definition) is 1. The molecule has 0 radical (unpaired) electrons. The Morgan fingerprint density at radius 1 is 1.44 bits per heavy atom. The molecule has 0 saturated heterocycles. The molecule has 0 fully saturated rings. The smallest absolute Gasteiger partial charge is 0.254 e. The van der Waals surface area contributed by atoms with Gasteiger partial charge in [0.25, 0.3) is 5.91 Å². The van der Waals surface area contributed by atoms with Crippen LogP contribution >= 0.6 is 0 Å². The Morgan fingerprint density at radius 2 is 2.17 bits per heavy atom. The Bertz CT molecular complexity index is 483. The third-order valence-corrected chi connectivity index (χ3v) is 2.69. The molecule has 1 aromatic carbocycles. The van der Waals surface area contributed by atoms with E-state index in [0.29, 0.717) is 18.5 Å².